The highest BCUT2D eigenvalue weighted by Crippen LogP contribution is 2.29. The van der Waals surface area contributed by atoms with Crippen LogP contribution < -0.4 is 5.73 Å². The topological polar surface area (TPSA) is 26.0 Å². The van der Waals surface area contributed by atoms with Gasteiger partial charge in [0.25, 0.3) is 0 Å². The number of rotatable bonds is 1. The van der Waals surface area contributed by atoms with Crippen LogP contribution in [0.4, 0.5) is 5.69 Å². The minimum absolute atomic E-state index is 0.767. The number of anilines is 1. The van der Waals surface area contributed by atoms with Crippen molar-refractivity contribution in [3.05, 3.63) is 22.7 Å². The highest BCUT2D eigenvalue weighted by Gasteiger charge is 1.96. The Labute approximate surface area is 77.3 Å². The van der Waals surface area contributed by atoms with Crippen LogP contribution in [0.1, 0.15) is 0 Å². The third-order valence-electron chi connectivity index (χ3n) is 1.07. The van der Waals surface area contributed by atoms with Crippen LogP contribution in [0.25, 0.3) is 0 Å². The monoisotopic (exact) mass is 235 g/mol. The van der Waals surface area contributed by atoms with E-state index in [9.17, 15) is 0 Å². The van der Waals surface area contributed by atoms with Gasteiger partial charge in [0.05, 0.1) is 0 Å². The van der Waals surface area contributed by atoms with Crippen LogP contribution >= 0.6 is 38.4 Å². The highest BCUT2D eigenvalue weighted by molar-refractivity contribution is 9.10. The number of nitrogens with two attached hydrogens (primary N) is 1. The molecule has 4 heteroatoms. The number of thiol groups is 1. The molecule has 0 heterocycles. The number of nitrogen functional groups attached to an aromatic ring is 1. The van der Waals surface area contributed by atoms with Gasteiger partial charge in [0.2, 0.25) is 0 Å². The summed E-state index contributed by atoms with van der Waals surface area (Å²) < 4.78 is 1.03. The van der Waals surface area contributed by atoms with Gasteiger partial charge >= 0.3 is 0 Å². The van der Waals surface area contributed by atoms with E-state index in [0.717, 1.165) is 15.1 Å². The van der Waals surface area contributed by atoms with Crippen molar-refractivity contribution < 1.29 is 0 Å². The molecule has 1 aromatic carbocycles. The molecule has 1 rings (SSSR count). The maximum absolute atomic E-state index is 5.61. The molecule has 0 unspecified atom stereocenters. The first-order chi connectivity index (χ1) is 4.74. The quantitative estimate of drug-likeness (QED) is 0.445. The molecule has 0 aromatic heterocycles. The summed E-state index contributed by atoms with van der Waals surface area (Å²) in [6.45, 7) is 0. The zero-order chi connectivity index (χ0) is 7.56. The Hall–Kier alpha value is 0.200. The molecule has 0 saturated heterocycles. The second kappa shape index (κ2) is 3.55. The summed E-state index contributed by atoms with van der Waals surface area (Å²) >= 11 is 7.38. The lowest BCUT2D eigenvalue weighted by atomic mass is 10.3. The van der Waals surface area contributed by atoms with E-state index >= 15 is 0 Å². The van der Waals surface area contributed by atoms with Crippen molar-refractivity contribution in [2.24, 2.45) is 0 Å². The molecule has 1 nitrogen and oxygen atoms in total. The van der Waals surface area contributed by atoms with Gasteiger partial charge in [-0.15, -0.1) is 11.7 Å². The molecule has 0 aliphatic carbocycles. The first kappa shape index (κ1) is 8.30. The first-order valence-corrected chi connectivity index (χ1v) is 5.26. The van der Waals surface area contributed by atoms with Crippen molar-refractivity contribution >= 4 is 44.1 Å². The van der Waals surface area contributed by atoms with E-state index in [1.54, 1.807) is 0 Å². The summed E-state index contributed by atoms with van der Waals surface area (Å²) in [5.41, 5.74) is 6.38. The van der Waals surface area contributed by atoms with Crippen LogP contribution in [0.2, 0.25) is 0 Å². The minimum atomic E-state index is 0.767. The van der Waals surface area contributed by atoms with Crippen LogP contribution in [0, 0.1) is 0 Å². The highest BCUT2D eigenvalue weighted by atomic mass is 79.9. The number of hydrogen-bond acceptors (Lipinski definition) is 3. The predicted molar refractivity (Wildman–Crippen MR) is 53.4 cm³/mol. The second-order valence-electron chi connectivity index (χ2n) is 1.77. The molecule has 0 saturated carbocycles. The molecule has 10 heavy (non-hydrogen) atoms. The van der Waals surface area contributed by atoms with E-state index in [1.165, 1.54) is 10.8 Å². The molecular weight excluding hydrogens is 230 g/mol. The summed E-state index contributed by atoms with van der Waals surface area (Å²) in [5, 5.41) is 0. The average molecular weight is 236 g/mol. The Morgan fingerprint density at radius 2 is 2.20 bits per heavy atom. The number of benzene rings is 1. The van der Waals surface area contributed by atoms with Gasteiger partial charge in [0, 0.05) is 15.1 Å². The molecule has 2 N–H and O–H groups in total. The van der Waals surface area contributed by atoms with Crippen LogP contribution in [-0.4, -0.2) is 0 Å². The van der Waals surface area contributed by atoms with Crippen LogP contribution in [0.15, 0.2) is 27.6 Å². The normalized spacial score (nSPS) is 9.80. The van der Waals surface area contributed by atoms with E-state index < -0.39 is 0 Å². The first-order valence-electron chi connectivity index (χ1n) is 2.60. The maximum atomic E-state index is 5.61. The van der Waals surface area contributed by atoms with Crippen LogP contribution in [0.5, 0.6) is 0 Å². The van der Waals surface area contributed by atoms with Crippen molar-refractivity contribution in [3.63, 3.8) is 0 Å². The Kier molecular flexibility index (Phi) is 2.95. The van der Waals surface area contributed by atoms with Gasteiger partial charge in [-0.3, -0.25) is 0 Å². The van der Waals surface area contributed by atoms with Gasteiger partial charge in [-0.1, -0.05) is 26.7 Å². The summed E-state index contributed by atoms with van der Waals surface area (Å²) in [6.07, 6.45) is 0. The molecule has 1 aromatic rings. The Bertz CT molecular complexity index is 239. The van der Waals surface area contributed by atoms with E-state index in [2.05, 4.69) is 27.6 Å². The average Bonchev–Trinajstić information content (AvgIpc) is 1.94. The van der Waals surface area contributed by atoms with E-state index in [4.69, 9.17) is 5.73 Å². The fraction of sp³-hybridized carbons (Fsp3) is 0. The second-order valence-corrected chi connectivity index (χ2v) is 3.86. The Balaban J connectivity index is 3.09. The van der Waals surface area contributed by atoms with E-state index in [-0.39, 0.29) is 0 Å². The summed E-state index contributed by atoms with van der Waals surface area (Å²) in [4.78, 5) is 0.984. The zero-order valence-corrected chi connectivity index (χ0v) is 8.34. The smallest absolute Gasteiger partial charge is 0.0461 e. The van der Waals surface area contributed by atoms with Crippen molar-refractivity contribution in [1.29, 1.82) is 0 Å². The van der Waals surface area contributed by atoms with Gasteiger partial charge in [0.1, 0.15) is 0 Å². The molecule has 54 valence electrons. The molecule has 0 aliphatic rings. The van der Waals surface area contributed by atoms with E-state index in [0.29, 0.717) is 0 Å². The largest absolute Gasteiger partial charge is 0.398 e. The standard InChI is InChI=1S/C6H6BrNS2/c7-4-1-2-5(8)6(3-4)10-9/h1-3,9H,8H2. The van der Waals surface area contributed by atoms with Gasteiger partial charge in [-0.25, -0.2) is 0 Å². The fourth-order valence-corrected chi connectivity index (χ4v) is 1.93. The van der Waals surface area contributed by atoms with Gasteiger partial charge < -0.3 is 5.73 Å². The third kappa shape index (κ3) is 1.84. The summed E-state index contributed by atoms with van der Waals surface area (Å²) in [7, 11) is 1.35. The third-order valence-corrected chi connectivity index (χ3v) is 2.71. The SMILES string of the molecule is Nc1ccc(Br)cc1SS. The predicted octanol–water partition coefficient (Wildman–Crippen LogP) is 2.97. The number of halogens is 1. The maximum Gasteiger partial charge on any atom is 0.0461 e. The zero-order valence-electron chi connectivity index (χ0n) is 5.04. The molecule has 0 atom stereocenters. The van der Waals surface area contributed by atoms with Crippen molar-refractivity contribution in [2.45, 2.75) is 4.90 Å². The van der Waals surface area contributed by atoms with Crippen molar-refractivity contribution in [3.8, 4) is 0 Å². The van der Waals surface area contributed by atoms with Gasteiger partial charge in [-0.05, 0) is 18.2 Å². The van der Waals surface area contributed by atoms with Crippen LogP contribution in [0.3, 0.4) is 0 Å². The van der Waals surface area contributed by atoms with Crippen LogP contribution in [-0.2, 0) is 0 Å². The lowest BCUT2D eigenvalue weighted by Gasteiger charge is -1.99. The van der Waals surface area contributed by atoms with Gasteiger partial charge in [0.15, 0.2) is 0 Å². The molecular formula is C6H6BrNS2. The fourth-order valence-electron chi connectivity index (χ4n) is 0.587. The minimum Gasteiger partial charge on any atom is -0.398 e. The molecule has 0 amide bonds. The molecule has 0 fully saturated rings. The Morgan fingerprint density at radius 3 is 2.70 bits per heavy atom. The molecule has 0 spiro atoms. The van der Waals surface area contributed by atoms with E-state index in [1.807, 2.05) is 18.2 Å². The van der Waals surface area contributed by atoms with Crippen molar-refractivity contribution in [1.82, 2.24) is 0 Å². The summed E-state index contributed by atoms with van der Waals surface area (Å²) in [6, 6.07) is 5.69. The van der Waals surface area contributed by atoms with Gasteiger partial charge in [-0.2, -0.15) is 0 Å². The lowest BCUT2D eigenvalue weighted by Crippen LogP contribution is -1.85. The number of hydrogen-bond donors (Lipinski definition) is 2. The molecule has 0 aliphatic heterocycles. The summed E-state index contributed by atoms with van der Waals surface area (Å²) in [5.74, 6) is 0. The molecule has 0 radical (unpaired) electrons. The molecule has 0 bridgehead atoms. The van der Waals surface area contributed by atoms with Crippen molar-refractivity contribution in [2.75, 3.05) is 5.73 Å². The lowest BCUT2D eigenvalue weighted by molar-refractivity contribution is 1.45. The Morgan fingerprint density at radius 1 is 1.50 bits per heavy atom.